The van der Waals surface area contributed by atoms with E-state index in [0.717, 1.165) is 19.4 Å². The van der Waals surface area contributed by atoms with Crippen LogP contribution < -0.4 is 10.6 Å². The molecule has 0 aliphatic carbocycles. The third kappa shape index (κ3) is 5.93. The fourth-order valence-electron chi connectivity index (χ4n) is 2.60. The quantitative estimate of drug-likeness (QED) is 0.742. The lowest BCUT2D eigenvalue weighted by Gasteiger charge is -2.26. The Balaban J connectivity index is 1.59. The van der Waals surface area contributed by atoms with E-state index in [-0.39, 0.29) is 11.7 Å². The minimum Gasteiger partial charge on any atom is -0.338 e. The molecule has 2 N–H and O–H groups in total. The predicted octanol–water partition coefficient (Wildman–Crippen LogP) is 3.98. The van der Waals surface area contributed by atoms with E-state index in [4.69, 9.17) is 0 Å². The molecule has 2 rings (SSSR count). The summed E-state index contributed by atoms with van der Waals surface area (Å²) < 4.78 is 14.2. The van der Waals surface area contributed by atoms with Crippen molar-refractivity contribution in [2.24, 2.45) is 0 Å². The molecule has 0 saturated carbocycles. The van der Waals surface area contributed by atoms with Crippen LogP contribution in [0.25, 0.3) is 0 Å². The lowest BCUT2D eigenvalue weighted by atomic mass is 10.1. The van der Waals surface area contributed by atoms with Crippen molar-refractivity contribution in [2.45, 2.75) is 32.1 Å². The Morgan fingerprint density at radius 2 is 2.00 bits per heavy atom. The number of rotatable bonds is 6. The van der Waals surface area contributed by atoms with Crippen LogP contribution in [-0.4, -0.2) is 37.1 Å². The molecule has 1 aromatic rings. The number of nitrogens with zero attached hydrogens (tertiary/aromatic N) is 1. The standard InChI is InChI=1S/C16H23BrFN3O/c17-13-6-7-15(14(18)12-13)20-16(22)19-8-2-5-11-21-9-3-1-4-10-21/h6-7,12H,1-5,8-11H2,(H2,19,20,22). The van der Waals surface area contributed by atoms with E-state index in [0.29, 0.717) is 11.0 Å². The van der Waals surface area contributed by atoms with Crippen molar-refractivity contribution in [3.63, 3.8) is 0 Å². The molecule has 122 valence electrons. The smallest absolute Gasteiger partial charge is 0.319 e. The summed E-state index contributed by atoms with van der Waals surface area (Å²) >= 11 is 3.18. The number of hydrogen-bond donors (Lipinski definition) is 2. The number of urea groups is 1. The van der Waals surface area contributed by atoms with Gasteiger partial charge in [0.1, 0.15) is 5.82 Å². The number of anilines is 1. The van der Waals surface area contributed by atoms with Crippen LogP contribution in [0, 0.1) is 5.82 Å². The largest absolute Gasteiger partial charge is 0.338 e. The first-order valence-electron chi connectivity index (χ1n) is 7.87. The number of piperidine rings is 1. The molecule has 6 heteroatoms. The van der Waals surface area contributed by atoms with E-state index in [2.05, 4.69) is 31.5 Å². The Kier molecular flexibility index (Phi) is 7.12. The molecule has 0 atom stereocenters. The van der Waals surface area contributed by atoms with Crippen LogP contribution in [0.4, 0.5) is 14.9 Å². The van der Waals surface area contributed by atoms with Crippen molar-refractivity contribution in [1.82, 2.24) is 10.2 Å². The Morgan fingerprint density at radius 3 is 2.73 bits per heavy atom. The average molecular weight is 372 g/mol. The van der Waals surface area contributed by atoms with Crippen LogP contribution >= 0.6 is 15.9 Å². The van der Waals surface area contributed by atoms with Crippen molar-refractivity contribution >= 4 is 27.6 Å². The lowest BCUT2D eigenvalue weighted by Crippen LogP contribution is -2.32. The fraction of sp³-hybridized carbons (Fsp3) is 0.562. The van der Waals surface area contributed by atoms with Crippen molar-refractivity contribution in [3.05, 3.63) is 28.5 Å². The van der Waals surface area contributed by atoms with Gasteiger partial charge in [-0.25, -0.2) is 9.18 Å². The van der Waals surface area contributed by atoms with Gasteiger partial charge in [-0.1, -0.05) is 22.4 Å². The number of halogens is 2. The van der Waals surface area contributed by atoms with Gasteiger partial charge in [-0.2, -0.15) is 0 Å². The summed E-state index contributed by atoms with van der Waals surface area (Å²) in [5.41, 5.74) is 0.189. The summed E-state index contributed by atoms with van der Waals surface area (Å²) in [6.07, 6.45) is 5.98. The Morgan fingerprint density at radius 1 is 1.23 bits per heavy atom. The van der Waals surface area contributed by atoms with Gasteiger partial charge in [0.15, 0.2) is 0 Å². The van der Waals surface area contributed by atoms with E-state index in [9.17, 15) is 9.18 Å². The van der Waals surface area contributed by atoms with Crippen LogP contribution in [0.1, 0.15) is 32.1 Å². The first kappa shape index (κ1) is 17.2. The molecule has 1 aromatic carbocycles. The molecule has 1 fully saturated rings. The van der Waals surface area contributed by atoms with Gasteiger partial charge in [-0.05, 0) is 63.5 Å². The zero-order chi connectivity index (χ0) is 15.8. The number of carbonyl (C=O) groups excluding carboxylic acids is 1. The fourth-order valence-corrected chi connectivity index (χ4v) is 2.94. The highest BCUT2D eigenvalue weighted by Gasteiger charge is 2.09. The Hall–Kier alpha value is -1.14. The molecule has 0 radical (unpaired) electrons. The molecule has 22 heavy (non-hydrogen) atoms. The molecule has 1 heterocycles. The van der Waals surface area contributed by atoms with Crippen molar-refractivity contribution < 1.29 is 9.18 Å². The maximum absolute atomic E-state index is 13.6. The molecular weight excluding hydrogens is 349 g/mol. The summed E-state index contributed by atoms with van der Waals surface area (Å²) in [6, 6.07) is 4.19. The van der Waals surface area contributed by atoms with Gasteiger partial charge < -0.3 is 15.5 Å². The number of carbonyl (C=O) groups is 1. The van der Waals surface area contributed by atoms with E-state index in [1.165, 1.54) is 44.5 Å². The summed E-state index contributed by atoms with van der Waals surface area (Å²) in [5.74, 6) is -0.449. The second kappa shape index (κ2) is 9.10. The molecule has 0 spiro atoms. The minimum absolute atomic E-state index is 0.189. The van der Waals surface area contributed by atoms with Gasteiger partial charge in [0, 0.05) is 11.0 Å². The highest BCUT2D eigenvalue weighted by molar-refractivity contribution is 9.10. The van der Waals surface area contributed by atoms with E-state index in [1.54, 1.807) is 6.07 Å². The second-order valence-corrected chi connectivity index (χ2v) is 6.53. The Labute approximate surface area is 139 Å². The van der Waals surface area contributed by atoms with Crippen LogP contribution in [0.3, 0.4) is 0 Å². The third-order valence-corrected chi connectivity index (χ3v) is 4.31. The first-order chi connectivity index (χ1) is 10.6. The molecular formula is C16H23BrFN3O. The van der Waals surface area contributed by atoms with Crippen molar-refractivity contribution in [1.29, 1.82) is 0 Å². The molecule has 4 nitrogen and oxygen atoms in total. The summed E-state index contributed by atoms with van der Waals surface area (Å²) in [5, 5.41) is 5.29. The topological polar surface area (TPSA) is 44.4 Å². The zero-order valence-corrected chi connectivity index (χ0v) is 14.3. The summed E-state index contributed by atoms with van der Waals surface area (Å²) in [4.78, 5) is 14.2. The number of unbranched alkanes of at least 4 members (excludes halogenated alkanes) is 1. The molecule has 1 saturated heterocycles. The highest BCUT2D eigenvalue weighted by Crippen LogP contribution is 2.19. The van der Waals surface area contributed by atoms with E-state index < -0.39 is 5.82 Å². The maximum atomic E-state index is 13.6. The van der Waals surface area contributed by atoms with Gasteiger partial charge in [0.05, 0.1) is 5.69 Å². The van der Waals surface area contributed by atoms with Crippen LogP contribution in [0.2, 0.25) is 0 Å². The molecule has 1 aliphatic heterocycles. The number of nitrogens with one attached hydrogen (secondary N) is 2. The molecule has 0 aromatic heterocycles. The monoisotopic (exact) mass is 371 g/mol. The van der Waals surface area contributed by atoms with Gasteiger partial charge in [0.2, 0.25) is 0 Å². The first-order valence-corrected chi connectivity index (χ1v) is 8.67. The van der Waals surface area contributed by atoms with Gasteiger partial charge in [-0.3, -0.25) is 0 Å². The number of hydrogen-bond acceptors (Lipinski definition) is 2. The van der Waals surface area contributed by atoms with Gasteiger partial charge >= 0.3 is 6.03 Å². The van der Waals surface area contributed by atoms with Crippen LogP contribution in [0.5, 0.6) is 0 Å². The highest BCUT2D eigenvalue weighted by atomic mass is 79.9. The molecule has 0 unspecified atom stereocenters. The third-order valence-electron chi connectivity index (χ3n) is 3.81. The minimum atomic E-state index is -0.449. The number of benzene rings is 1. The predicted molar refractivity (Wildman–Crippen MR) is 90.6 cm³/mol. The second-order valence-electron chi connectivity index (χ2n) is 5.61. The zero-order valence-electron chi connectivity index (χ0n) is 12.7. The van der Waals surface area contributed by atoms with Gasteiger partial charge in [-0.15, -0.1) is 0 Å². The number of likely N-dealkylation sites (tertiary alicyclic amines) is 1. The SMILES string of the molecule is O=C(NCCCCN1CCCCC1)Nc1ccc(Br)cc1F. The van der Waals surface area contributed by atoms with Crippen molar-refractivity contribution in [3.8, 4) is 0 Å². The van der Waals surface area contributed by atoms with Crippen molar-refractivity contribution in [2.75, 3.05) is 31.5 Å². The molecule has 2 amide bonds. The molecule has 1 aliphatic rings. The average Bonchev–Trinajstić information content (AvgIpc) is 2.51. The van der Waals surface area contributed by atoms with Gasteiger partial charge in [0.25, 0.3) is 0 Å². The summed E-state index contributed by atoms with van der Waals surface area (Å²) in [7, 11) is 0. The summed E-state index contributed by atoms with van der Waals surface area (Å²) in [6.45, 7) is 4.12. The maximum Gasteiger partial charge on any atom is 0.319 e. The molecule has 0 bridgehead atoms. The lowest BCUT2D eigenvalue weighted by molar-refractivity contribution is 0.224. The van der Waals surface area contributed by atoms with Crippen LogP contribution in [-0.2, 0) is 0 Å². The van der Waals surface area contributed by atoms with Crippen LogP contribution in [0.15, 0.2) is 22.7 Å². The normalized spacial score (nSPS) is 15.5. The number of amides is 2. The van der Waals surface area contributed by atoms with E-state index >= 15 is 0 Å². The Bertz CT molecular complexity index is 492. The van der Waals surface area contributed by atoms with E-state index in [1.807, 2.05) is 0 Å².